The van der Waals surface area contributed by atoms with Crippen LogP contribution in [0.4, 0.5) is 0 Å². The van der Waals surface area contributed by atoms with Crippen LogP contribution < -0.4 is 5.46 Å². The quantitative estimate of drug-likeness (QED) is 0.467. The predicted octanol–water partition coefficient (Wildman–Crippen LogP) is 2.14. The second-order valence-corrected chi connectivity index (χ2v) is 7.22. The van der Waals surface area contributed by atoms with E-state index in [4.69, 9.17) is 9.31 Å². The van der Waals surface area contributed by atoms with Crippen LogP contribution in [0.5, 0.6) is 0 Å². The second kappa shape index (κ2) is 4.24. The van der Waals surface area contributed by atoms with Crippen molar-refractivity contribution in [1.82, 2.24) is 9.78 Å². The average molecular weight is 348 g/mol. The van der Waals surface area contributed by atoms with E-state index in [2.05, 4.69) is 62.3 Å². The van der Waals surface area contributed by atoms with Gasteiger partial charge >= 0.3 is 7.12 Å². The summed E-state index contributed by atoms with van der Waals surface area (Å²) in [6.45, 7) is 10.3. The molecule has 0 radical (unpaired) electrons. The molecule has 0 saturated carbocycles. The Balaban J connectivity index is 2.20. The van der Waals surface area contributed by atoms with Gasteiger partial charge in [0.25, 0.3) is 0 Å². The number of alkyl halides is 1. The van der Waals surface area contributed by atoms with Crippen LogP contribution in [0.2, 0.25) is 0 Å². The summed E-state index contributed by atoms with van der Waals surface area (Å²) in [5.74, 6) is 0. The first-order valence-electron chi connectivity index (χ1n) is 5.77. The van der Waals surface area contributed by atoms with Gasteiger partial charge in [-0.15, -0.1) is 0 Å². The van der Waals surface area contributed by atoms with Crippen molar-refractivity contribution in [2.24, 2.45) is 0 Å². The largest absolute Gasteiger partial charge is 0.498 e. The second-order valence-electron chi connectivity index (χ2n) is 5.42. The van der Waals surface area contributed by atoms with Gasteiger partial charge < -0.3 is 9.31 Å². The summed E-state index contributed by atoms with van der Waals surface area (Å²) in [5.41, 5.74) is 0.387. The Morgan fingerprint density at radius 2 is 1.82 bits per heavy atom. The van der Waals surface area contributed by atoms with Gasteiger partial charge in [-0.05, 0) is 34.6 Å². The smallest absolute Gasteiger partial charge is 0.399 e. The molecule has 1 aromatic heterocycles. The topological polar surface area (TPSA) is 36.3 Å². The van der Waals surface area contributed by atoms with Gasteiger partial charge in [-0.25, -0.2) is 0 Å². The maximum Gasteiger partial charge on any atom is 0.498 e. The van der Waals surface area contributed by atoms with E-state index in [9.17, 15) is 0 Å². The zero-order valence-electron chi connectivity index (χ0n) is 10.9. The molecule has 0 aliphatic carbocycles. The van der Waals surface area contributed by atoms with Crippen molar-refractivity contribution in [1.29, 1.82) is 0 Å². The van der Waals surface area contributed by atoms with Crippen LogP contribution in [0, 0.1) is 0 Å². The van der Waals surface area contributed by atoms with Crippen LogP contribution in [-0.4, -0.2) is 28.1 Å². The fourth-order valence-electron chi connectivity index (χ4n) is 1.65. The molecule has 17 heavy (non-hydrogen) atoms. The summed E-state index contributed by atoms with van der Waals surface area (Å²) in [7, 11) is -0.316. The van der Waals surface area contributed by atoms with Gasteiger partial charge in [0.1, 0.15) is 4.05 Å². The van der Waals surface area contributed by atoms with E-state index in [0.29, 0.717) is 4.05 Å². The SMILES string of the molecule is CC(I)n1cc(B2OC(C)(C)C(C)(C)O2)cn1. The molecule has 0 aromatic carbocycles. The molecule has 1 aliphatic rings. The minimum Gasteiger partial charge on any atom is -0.399 e. The van der Waals surface area contributed by atoms with Gasteiger partial charge in [0.2, 0.25) is 0 Å². The van der Waals surface area contributed by atoms with Crippen LogP contribution in [0.3, 0.4) is 0 Å². The Labute approximate surface area is 116 Å². The van der Waals surface area contributed by atoms with E-state index < -0.39 is 0 Å². The van der Waals surface area contributed by atoms with E-state index in [1.54, 1.807) is 0 Å². The number of hydrogen-bond acceptors (Lipinski definition) is 3. The van der Waals surface area contributed by atoms with Crippen LogP contribution in [0.25, 0.3) is 0 Å². The third-order valence-electron chi connectivity index (χ3n) is 3.51. The molecule has 4 nitrogen and oxygen atoms in total. The van der Waals surface area contributed by atoms with Gasteiger partial charge in [0.05, 0.1) is 11.2 Å². The molecule has 1 fully saturated rings. The Kier molecular flexibility index (Phi) is 3.33. The Morgan fingerprint density at radius 1 is 1.29 bits per heavy atom. The van der Waals surface area contributed by atoms with Gasteiger partial charge in [-0.1, -0.05) is 22.6 Å². The highest BCUT2D eigenvalue weighted by Gasteiger charge is 2.52. The molecule has 94 valence electrons. The van der Waals surface area contributed by atoms with Crippen LogP contribution in [0.1, 0.15) is 38.7 Å². The molecule has 0 spiro atoms. The minimum atomic E-state index is -0.316. The Hall–Kier alpha value is -0.0751. The summed E-state index contributed by atoms with van der Waals surface area (Å²) in [6.07, 6.45) is 3.80. The highest BCUT2D eigenvalue weighted by atomic mass is 127. The van der Waals surface area contributed by atoms with E-state index in [1.165, 1.54) is 0 Å². The van der Waals surface area contributed by atoms with Crippen molar-refractivity contribution in [3.63, 3.8) is 0 Å². The first kappa shape index (κ1) is 13.4. The predicted molar refractivity (Wildman–Crippen MR) is 76.7 cm³/mol. The number of hydrogen-bond donors (Lipinski definition) is 0. The molecule has 0 bridgehead atoms. The summed E-state index contributed by atoms with van der Waals surface area (Å²) >= 11 is 2.32. The third kappa shape index (κ3) is 2.39. The van der Waals surface area contributed by atoms with Gasteiger partial charge in [-0.2, -0.15) is 5.10 Å². The fraction of sp³-hybridized carbons (Fsp3) is 0.727. The maximum atomic E-state index is 5.97. The highest BCUT2D eigenvalue weighted by Crippen LogP contribution is 2.36. The lowest BCUT2D eigenvalue weighted by Crippen LogP contribution is -2.41. The molecular weight excluding hydrogens is 330 g/mol. The van der Waals surface area contributed by atoms with Crippen LogP contribution in [-0.2, 0) is 9.31 Å². The average Bonchev–Trinajstić information content (AvgIpc) is 2.70. The standard InChI is InChI=1S/C11H18BIN2O2/c1-8(13)15-7-9(6-14-15)12-16-10(2,3)11(4,5)17-12/h6-8H,1-5H3. The lowest BCUT2D eigenvalue weighted by molar-refractivity contribution is 0.00578. The lowest BCUT2D eigenvalue weighted by Gasteiger charge is -2.32. The third-order valence-corrected chi connectivity index (χ3v) is 4.08. The zero-order valence-corrected chi connectivity index (χ0v) is 13.1. The number of aromatic nitrogens is 2. The van der Waals surface area contributed by atoms with Crippen molar-refractivity contribution in [2.45, 2.75) is 49.9 Å². The van der Waals surface area contributed by atoms with Crippen LogP contribution >= 0.6 is 22.6 Å². The molecule has 2 rings (SSSR count). The monoisotopic (exact) mass is 348 g/mol. The number of halogens is 1. The zero-order chi connectivity index (χ0) is 12.8. The minimum absolute atomic E-state index is 0.296. The van der Waals surface area contributed by atoms with E-state index in [1.807, 2.05) is 17.1 Å². The molecule has 1 saturated heterocycles. The number of rotatable bonds is 2. The van der Waals surface area contributed by atoms with Crippen molar-refractivity contribution >= 4 is 35.2 Å². The normalized spacial score (nSPS) is 24.0. The molecule has 1 unspecified atom stereocenters. The molecule has 1 aliphatic heterocycles. The molecule has 0 amide bonds. The van der Waals surface area contributed by atoms with Crippen molar-refractivity contribution in [2.75, 3.05) is 0 Å². The fourth-order valence-corrected chi connectivity index (χ4v) is 1.95. The lowest BCUT2D eigenvalue weighted by atomic mass is 9.82. The molecule has 1 aromatic rings. The molecule has 6 heteroatoms. The summed E-state index contributed by atoms with van der Waals surface area (Å²) in [4.78, 5) is 0. The summed E-state index contributed by atoms with van der Waals surface area (Å²) in [5, 5.41) is 4.30. The van der Waals surface area contributed by atoms with Crippen molar-refractivity contribution in [3.8, 4) is 0 Å². The molecule has 1 atom stereocenters. The van der Waals surface area contributed by atoms with Gasteiger partial charge in [0, 0.05) is 17.9 Å². The van der Waals surface area contributed by atoms with Crippen LogP contribution in [0.15, 0.2) is 12.4 Å². The number of nitrogens with zero attached hydrogens (tertiary/aromatic N) is 2. The maximum absolute atomic E-state index is 5.97. The van der Waals surface area contributed by atoms with Gasteiger partial charge in [0.15, 0.2) is 0 Å². The van der Waals surface area contributed by atoms with Gasteiger partial charge in [-0.3, -0.25) is 4.68 Å². The Bertz CT molecular complexity index is 401. The van der Waals surface area contributed by atoms with Crippen molar-refractivity contribution in [3.05, 3.63) is 12.4 Å². The highest BCUT2D eigenvalue weighted by molar-refractivity contribution is 14.1. The summed E-state index contributed by atoms with van der Waals surface area (Å²) in [6, 6.07) is 0. The molecular formula is C11H18BIN2O2. The van der Waals surface area contributed by atoms with E-state index in [-0.39, 0.29) is 18.3 Å². The summed E-state index contributed by atoms with van der Waals surface area (Å²) < 4.78 is 14.2. The van der Waals surface area contributed by atoms with E-state index >= 15 is 0 Å². The van der Waals surface area contributed by atoms with E-state index in [0.717, 1.165) is 5.46 Å². The molecule has 0 N–H and O–H groups in total. The first-order chi connectivity index (χ1) is 7.73. The first-order valence-corrected chi connectivity index (χ1v) is 7.01. The van der Waals surface area contributed by atoms with Crippen molar-refractivity contribution < 1.29 is 9.31 Å². The Morgan fingerprint density at radius 3 is 2.24 bits per heavy atom. The molecule has 2 heterocycles.